The van der Waals surface area contributed by atoms with Crippen LogP contribution in [0.2, 0.25) is 33.3 Å². The summed E-state index contributed by atoms with van der Waals surface area (Å²) in [7, 11) is -2.00. The molecule has 5 rings (SSSR count). The van der Waals surface area contributed by atoms with Gasteiger partial charge in [0.2, 0.25) is 0 Å². The van der Waals surface area contributed by atoms with E-state index >= 15 is 0 Å². The molecule has 0 N–H and O–H groups in total. The smallest absolute Gasteiger partial charge is 0.192 e. The molecule has 3 heterocycles. The van der Waals surface area contributed by atoms with E-state index in [1.807, 2.05) is 44.3 Å². The minimum Gasteiger partial charge on any atom is -0.410 e. The molecular formula is C27H34Cl3N3O3Si. The quantitative estimate of drug-likeness (QED) is 0.198. The summed E-state index contributed by atoms with van der Waals surface area (Å²) in [6.45, 7) is 10.7. The van der Waals surface area contributed by atoms with E-state index < -0.39 is 14.1 Å². The van der Waals surface area contributed by atoms with Crippen LogP contribution < -0.4 is 0 Å². The minimum atomic E-state index is -2.00. The first-order chi connectivity index (χ1) is 17.6. The van der Waals surface area contributed by atoms with Gasteiger partial charge in [0.15, 0.2) is 14.1 Å². The number of hydrogen-bond donors (Lipinski definition) is 0. The molecule has 1 saturated carbocycles. The lowest BCUT2D eigenvalue weighted by Crippen LogP contribution is -2.41. The number of fused-ring (bicyclic) bond motifs is 2. The van der Waals surface area contributed by atoms with Gasteiger partial charge in [-0.3, -0.25) is 0 Å². The number of ether oxygens (including phenoxy) is 2. The highest BCUT2D eigenvalue weighted by Gasteiger charge is 2.57. The molecule has 1 aliphatic heterocycles. The van der Waals surface area contributed by atoms with E-state index in [4.69, 9.17) is 48.7 Å². The van der Waals surface area contributed by atoms with Crippen LogP contribution in [0.15, 0.2) is 36.8 Å². The molecule has 6 nitrogen and oxygen atoms in total. The summed E-state index contributed by atoms with van der Waals surface area (Å²) < 4.78 is 22.6. The Morgan fingerprint density at radius 1 is 1.03 bits per heavy atom. The Kier molecular flexibility index (Phi) is 7.71. The predicted octanol–water partition coefficient (Wildman–Crippen LogP) is 8.24. The monoisotopic (exact) mass is 581 g/mol. The van der Waals surface area contributed by atoms with Crippen LogP contribution in [-0.4, -0.2) is 40.8 Å². The molecule has 0 bridgehead atoms. The topological polar surface area (TPSA) is 58.4 Å². The van der Waals surface area contributed by atoms with Gasteiger partial charge in [-0.15, -0.1) is 0 Å². The first kappa shape index (κ1) is 27.4. The third-order valence-electron chi connectivity index (χ3n) is 8.27. The molecule has 1 saturated heterocycles. The lowest BCUT2D eigenvalue weighted by molar-refractivity contribution is -0.164. The maximum absolute atomic E-state index is 7.24. The zero-order valence-corrected chi connectivity index (χ0v) is 25.1. The summed E-state index contributed by atoms with van der Waals surface area (Å²) >= 11 is 19.2. The lowest BCUT2D eigenvalue weighted by Gasteiger charge is -2.38. The molecule has 0 amide bonds. The predicted molar refractivity (Wildman–Crippen MR) is 151 cm³/mol. The van der Waals surface area contributed by atoms with Gasteiger partial charge in [0, 0.05) is 12.1 Å². The lowest BCUT2D eigenvalue weighted by atomic mass is 9.92. The number of halogens is 3. The molecule has 2 aliphatic rings. The van der Waals surface area contributed by atoms with Crippen molar-refractivity contribution in [3.05, 3.63) is 57.6 Å². The maximum atomic E-state index is 7.24. The van der Waals surface area contributed by atoms with Crippen molar-refractivity contribution in [2.75, 3.05) is 0 Å². The second kappa shape index (κ2) is 10.4. The summed E-state index contributed by atoms with van der Waals surface area (Å²) in [4.78, 5) is 8.71. The van der Waals surface area contributed by atoms with E-state index in [1.165, 1.54) is 6.33 Å². The van der Waals surface area contributed by atoms with Crippen LogP contribution in [0.4, 0.5) is 0 Å². The van der Waals surface area contributed by atoms with E-state index in [0.717, 1.165) is 41.1 Å². The van der Waals surface area contributed by atoms with Crippen molar-refractivity contribution in [1.82, 2.24) is 14.5 Å². The van der Waals surface area contributed by atoms with Gasteiger partial charge in [0.05, 0.1) is 33.7 Å². The first-order valence-corrected chi connectivity index (χ1v) is 16.7. The fraction of sp³-hybridized carbons (Fsp3) is 0.556. The highest BCUT2D eigenvalue weighted by molar-refractivity contribution is 6.73. The van der Waals surface area contributed by atoms with Crippen LogP contribution in [0.1, 0.15) is 58.7 Å². The van der Waals surface area contributed by atoms with E-state index in [2.05, 4.69) is 35.3 Å². The molecule has 200 valence electrons. The van der Waals surface area contributed by atoms with Gasteiger partial charge in [0.25, 0.3) is 0 Å². The average Bonchev–Trinajstić information content (AvgIpc) is 3.54. The fourth-order valence-corrected chi connectivity index (χ4v) is 9.48. The van der Waals surface area contributed by atoms with Crippen molar-refractivity contribution in [2.45, 2.75) is 89.3 Å². The van der Waals surface area contributed by atoms with E-state index in [9.17, 15) is 0 Å². The molecular weight excluding hydrogens is 549 g/mol. The number of benzene rings is 1. The van der Waals surface area contributed by atoms with Gasteiger partial charge in [-0.1, -0.05) is 61.6 Å². The Balaban J connectivity index is 1.60. The van der Waals surface area contributed by atoms with E-state index in [0.29, 0.717) is 15.2 Å². The zero-order valence-electron chi connectivity index (χ0n) is 21.9. The molecule has 0 radical (unpaired) electrons. The van der Waals surface area contributed by atoms with Crippen LogP contribution in [0.5, 0.6) is 0 Å². The molecule has 3 aromatic rings. The normalized spacial score (nSPS) is 26.1. The third-order valence-corrected chi connectivity index (χ3v) is 13.9. The Morgan fingerprint density at radius 3 is 2.41 bits per heavy atom. The molecule has 37 heavy (non-hydrogen) atoms. The van der Waals surface area contributed by atoms with Crippen LogP contribution in [-0.2, 0) is 13.9 Å². The van der Waals surface area contributed by atoms with Crippen LogP contribution in [0, 0.1) is 5.92 Å². The summed E-state index contributed by atoms with van der Waals surface area (Å²) in [6, 6.07) is 11.0. The first-order valence-electron chi connectivity index (χ1n) is 13.1. The highest BCUT2D eigenvalue weighted by atomic mass is 35.5. The summed E-state index contributed by atoms with van der Waals surface area (Å²) in [6.07, 6.45) is 3.81. The molecule has 2 fully saturated rings. The second-order valence-electron chi connectivity index (χ2n) is 10.6. The minimum absolute atomic E-state index is 0.00457. The number of hydrogen-bond acceptors (Lipinski definition) is 5. The molecule has 5 atom stereocenters. The summed E-state index contributed by atoms with van der Waals surface area (Å²) in [5.41, 5.74) is 1.83. The van der Waals surface area contributed by atoms with Gasteiger partial charge in [-0.2, -0.15) is 0 Å². The summed E-state index contributed by atoms with van der Waals surface area (Å²) in [5.74, 6) is -0.668. The maximum Gasteiger partial charge on any atom is 0.192 e. The van der Waals surface area contributed by atoms with Gasteiger partial charge in [-0.25, -0.2) is 9.97 Å². The molecule has 1 aromatic carbocycles. The standard InChI is InChI=1S/C27H34Cl3N3O3Si/c1-6-37(7-2,8-3)36-22(16-9-10-19(28)20(29)13-16)18-14-21(24-23(18)34-27(4,5)35-24)33-12-11-17-25(30)31-15-32-26(17)33/h9-13,15,18,21-24H,6-8,14H2,1-5H3/t18-,21-,22?,23-,24+/m1/s1. The largest absolute Gasteiger partial charge is 0.410 e. The second-order valence-corrected chi connectivity index (χ2v) is 16.5. The summed E-state index contributed by atoms with van der Waals surface area (Å²) in [5, 5.41) is 2.34. The van der Waals surface area contributed by atoms with Gasteiger partial charge in [0.1, 0.15) is 23.2 Å². The van der Waals surface area contributed by atoms with E-state index in [1.54, 1.807) is 0 Å². The Bertz CT molecular complexity index is 1270. The Morgan fingerprint density at radius 2 is 1.73 bits per heavy atom. The van der Waals surface area contributed by atoms with Crippen molar-refractivity contribution in [3.8, 4) is 0 Å². The third kappa shape index (κ3) is 4.97. The van der Waals surface area contributed by atoms with Crippen LogP contribution in [0.25, 0.3) is 11.0 Å². The highest BCUT2D eigenvalue weighted by Crippen LogP contribution is 2.53. The zero-order chi connectivity index (χ0) is 26.5. The molecule has 1 unspecified atom stereocenters. The van der Waals surface area contributed by atoms with Crippen LogP contribution >= 0.6 is 34.8 Å². The molecule has 10 heteroatoms. The number of aromatic nitrogens is 3. The number of nitrogens with zero attached hydrogens (tertiary/aromatic N) is 3. The van der Waals surface area contributed by atoms with Gasteiger partial charge >= 0.3 is 0 Å². The number of rotatable bonds is 8. The van der Waals surface area contributed by atoms with Crippen LogP contribution in [0.3, 0.4) is 0 Å². The SMILES string of the molecule is CC[Si](CC)(CC)OC(c1ccc(Cl)c(Cl)c1)[C@H]1C[C@@H](n2ccc3c(Cl)ncnc32)[C@@H]2OC(C)(C)O[C@@H]21. The molecule has 0 spiro atoms. The van der Waals surface area contributed by atoms with Crippen molar-refractivity contribution in [1.29, 1.82) is 0 Å². The molecule has 1 aliphatic carbocycles. The van der Waals surface area contributed by atoms with Crippen molar-refractivity contribution in [2.24, 2.45) is 5.92 Å². The fourth-order valence-electron chi connectivity index (χ4n) is 6.13. The van der Waals surface area contributed by atoms with Crippen molar-refractivity contribution >= 4 is 54.2 Å². The van der Waals surface area contributed by atoms with Gasteiger partial charge in [-0.05, 0) is 62.2 Å². The van der Waals surface area contributed by atoms with Gasteiger partial charge < -0.3 is 18.5 Å². The Hall–Kier alpha value is -1.19. The van der Waals surface area contributed by atoms with Crippen molar-refractivity contribution < 1.29 is 13.9 Å². The van der Waals surface area contributed by atoms with E-state index in [-0.39, 0.29) is 30.3 Å². The average molecular weight is 583 g/mol. The van der Waals surface area contributed by atoms with Crippen molar-refractivity contribution in [3.63, 3.8) is 0 Å². The Labute approximate surface area is 234 Å². The molecule has 2 aromatic heterocycles.